The van der Waals surface area contributed by atoms with E-state index in [0.29, 0.717) is 5.02 Å². The summed E-state index contributed by atoms with van der Waals surface area (Å²) in [7, 11) is 0. The van der Waals surface area contributed by atoms with Gasteiger partial charge in [0.2, 0.25) is 0 Å². The lowest BCUT2D eigenvalue weighted by molar-refractivity contribution is 1.19. The summed E-state index contributed by atoms with van der Waals surface area (Å²) >= 11 is 7.58. The SMILES string of the molecule is Cc1ccc(Sc2nc(-c3ccccc3)[nH]c2C=Nc2ccc(Cl)cc2)cc1. The van der Waals surface area contributed by atoms with Crippen molar-refractivity contribution in [2.75, 3.05) is 0 Å². The minimum atomic E-state index is 0.697. The third-order valence-corrected chi connectivity index (χ3v) is 5.41. The van der Waals surface area contributed by atoms with E-state index in [1.54, 1.807) is 11.8 Å². The number of aryl methyl sites for hydroxylation is 1. The number of hydrogen-bond acceptors (Lipinski definition) is 3. The van der Waals surface area contributed by atoms with Gasteiger partial charge in [-0.15, -0.1) is 0 Å². The number of nitrogens with one attached hydrogen (secondary N) is 1. The van der Waals surface area contributed by atoms with Crippen LogP contribution in [0.25, 0.3) is 11.4 Å². The standard InChI is InChI=1S/C23H18ClN3S/c1-16-7-13-20(14-8-16)28-23-21(15-25-19-11-9-18(24)10-12-19)26-22(27-23)17-5-3-2-4-6-17/h2-15H,1H3,(H,26,27). The molecule has 0 aliphatic rings. The molecule has 0 aliphatic carbocycles. The Kier molecular flexibility index (Phi) is 5.60. The zero-order valence-electron chi connectivity index (χ0n) is 15.3. The maximum Gasteiger partial charge on any atom is 0.139 e. The molecule has 0 spiro atoms. The zero-order chi connectivity index (χ0) is 19.3. The van der Waals surface area contributed by atoms with Crippen molar-refractivity contribution < 1.29 is 0 Å². The second-order valence-corrected chi connectivity index (χ2v) is 7.82. The van der Waals surface area contributed by atoms with Gasteiger partial charge < -0.3 is 4.98 Å². The van der Waals surface area contributed by atoms with Gasteiger partial charge in [-0.05, 0) is 43.3 Å². The van der Waals surface area contributed by atoms with Gasteiger partial charge in [-0.2, -0.15) is 0 Å². The van der Waals surface area contributed by atoms with Crippen LogP contribution in [0, 0.1) is 6.92 Å². The van der Waals surface area contributed by atoms with Crippen LogP contribution < -0.4 is 0 Å². The highest BCUT2D eigenvalue weighted by molar-refractivity contribution is 7.99. The van der Waals surface area contributed by atoms with Crippen molar-refractivity contribution in [1.29, 1.82) is 0 Å². The van der Waals surface area contributed by atoms with Crippen LogP contribution in [0.4, 0.5) is 5.69 Å². The van der Waals surface area contributed by atoms with Crippen molar-refractivity contribution in [2.45, 2.75) is 16.8 Å². The van der Waals surface area contributed by atoms with Crippen molar-refractivity contribution in [2.24, 2.45) is 4.99 Å². The Labute approximate surface area is 173 Å². The van der Waals surface area contributed by atoms with Crippen molar-refractivity contribution in [3.05, 3.63) is 95.1 Å². The quantitative estimate of drug-likeness (QED) is 0.366. The lowest BCUT2D eigenvalue weighted by Gasteiger charge is -2.00. The van der Waals surface area contributed by atoms with E-state index in [-0.39, 0.29) is 0 Å². The Morgan fingerprint density at radius 1 is 0.929 bits per heavy atom. The third kappa shape index (κ3) is 4.53. The van der Waals surface area contributed by atoms with Crippen LogP contribution in [0.15, 0.2) is 93.8 Å². The molecule has 0 atom stereocenters. The third-order valence-electron chi connectivity index (χ3n) is 4.15. The van der Waals surface area contributed by atoms with E-state index in [0.717, 1.165) is 32.7 Å². The molecule has 0 bridgehead atoms. The van der Waals surface area contributed by atoms with Gasteiger partial charge in [0.15, 0.2) is 0 Å². The molecule has 0 radical (unpaired) electrons. The van der Waals surface area contributed by atoms with Crippen LogP contribution in [0.1, 0.15) is 11.3 Å². The Hall–Kier alpha value is -2.82. The normalized spacial score (nSPS) is 11.2. The van der Waals surface area contributed by atoms with E-state index in [1.165, 1.54) is 5.56 Å². The topological polar surface area (TPSA) is 41.0 Å². The van der Waals surface area contributed by atoms with Crippen LogP contribution in [-0.2, 0) is 0 Å². The van der Waals surface area contributed by atoms with E-state index < -0.39 is 0 Å². The van der Waals surface area contributed by atoms with Gasteiger partial charge in [-0.25, -0.2) is 4.98 Å². The number of H-pyrrole nitrogens is 1. The fraction of sp³-hybridized carbons (Fsp3) is 0.0435. The van der Waals surface area contributed by atoms with Crippen molar-refractivity contribution in [3.63, 3.8) is 0 Å². The number of benzene rings is 3. The van der Waals surface area contributed by atoms with E-state index >= 15 is 0 Å². The second-order valence-electron chi connectivity index (χ2n) is 6.32. The van der Waals surface area contributed by atoms with Gasteiger partial charge in [0.1, 0.15) is 10.9 Å². The van der Waals surface area contributed by atoms with Gasteiger partial charge in [-0.3, -0.25) is 4.99 Å². The van der Waals surface area contributed by atoms with Crippen LogP contribution >= 0.6 is 23.4 Å². The van der Waals surface area contributed by atoms with Crippen LogP contribution in [-0.4, -0.2) is 16.2 Å². The molecule has 0 saturated carbocycles. The predicted molar refractivity (Wildman–Crippen MR) is 118 cm³/mol. The first kappa shape index (κ1) is 18.5. The smallest absolute Gasteiger partial charge is 0.139 e. The van der Waals surface area contributed by atoms with E-state index in [9.17, 15) is 0 Å². The minimum absolute atomic E-state index is 0.697. The molecule has 1 heterocycles. The summed E-state index contributed by atoms with van der Waals surface area (Å²) in [4.78, 5) is 13.9. The summed E-state index contributed by atoms with van der Waals surface area (Å²) in [5.41, 5.74) is 3.99. The molecule has 28 heavy (non-hydrogen) atoms. The average Bonchev–Trinajstić information content (AvgIpc) is 3.13. The molecule has 3 nitrogen and oxygen atoms in total. The van der Waals surface area contributed by atoms with Gasteiger partial charge in [0.25, 0.3) is 0 Å². The Balaban J connectivity index is 1.68. The number of nitrogens with zero attached hydrogens (tertiary/aromatic N) is 2. The van der Waals surface area contributed by atoms with Crippen LogP contribution in [0.2, 0.25) is 5.02 Å². The Morgan fingerprint density at radius 2 is 1.64 bits per heavy atom. The first-order chi connectivity index (χ1) is 13.7. The number of halogens is 1. The second kappa shape index (κ2) is 8.46. The molecule has 138 valence electrons. The number of aromatic nitrogens is 2. The zero-order valence-corrected chi connectivity index (χ0v) is 16.8. The van der Waals surface area contributed by atoms with Crippen molar-refractivity contribution in [3.8, 4) is 11.4 Å². The summed E-state index contributed by atoms with van der Waals surface area (Å²) in [6.07, 6.45) is 1.82. The summed E-state index contributed by atoms with van der Waals surface area (Å²) in [6.45, 7) is 2.08. The molecule has 1 N–H and O–H groups in total. The molecule has 4 aromatic rings. The first-order valence-electron chi connectivity index (χ1n) is 8.87. The summed E-state index contributed by atoms with van der Waals surface area (Å²) in [5.74, 6) is 0.827. The Morgan fingerprint density at radius 3 is 2.36 bits per heavy atom. The highest BCUT2D eigenvalue weighted by Crippen LogP contribution is 2.31. The van der Waals surface area contributed by atoms with Crippen molar-refractivity contribution >= 4 is 35.3 Å². The number of aromatic amines is 1. The minimum Gasteiger partial charge on any atom is -0.336 e. The molecular weight excluding hydrogens is 386 g/mol. The molecule has 0 aliphatic heterocycles. The highest BCUT2D eigenvalue weighted by Gasteiger charge is 2.12. The lowest BCUT2D eigenvalue weighted by atomic mass is 10.2. The summed E-state index contributed by atoms with van der Waals surface area (Å²) in [6, 6.07) is 26.0. The van der Waals surface area contributed by atoms with E-state index in [2.05, 4.69) is 41.2 Å². The van der Waals surface area contributed by atoms with Crippen LogP contribution in [0.5, 0.6) is 0 Å². The highest BCUT2D eigenvalue weighted by atomic mass is 35.5. The largest absolute Gasteiger partial charge is 0.336 e. The molecule has 0 saturated heterocycles. The fourth-order valence-electron chi connectivity index (χ4n) is 2.65. The van der Waals surface area contributed by atoms with E-state index in [4.69, 9.17) is 16.6 Å². The van der Waals surface area contributed by atoms with Gasteiger partial charge >= 0.3 is 0 Å². The summed E-state index contributed by atoms with van der Waals surface area (Å²) in [5, 5.41) is 1.59. The van der Waals surface area contributed by atoms with Gasteiger partial charge in [0.05, 0.1) is 17.6 Å². The monoisotopic (exact) mass is 403 g/mol. The number of aliphatic imine (C=N–C) groups is 1. The number of hydrogen-bond donors (Lipinski definition) is 1. The molecule has 0 amide bonds. The molecule has 0 unspecified atom stereocenters. The van der Waals surface area contributed by atoms with Crippen molar-refractivity contribution in [1.82, 2.24) is 9.97 Å². The molecule has 5 heteroatoms. The fourth-order valence-corrected chi connectivity index (χ4v) is 3.63. The van der Waals surface area contributed by atoms with Gasteiger partial charge in [0, 0.05) is 15.5 Å². The Bertz CT molecular complexity index is 1090. The predicted octanol–water partition coefficient (Wildman–Crippen LogP) is 6.94. The molecule has 1 aromatic heterocycles. The molecule has 0 fully saturated rings. The van der Waals surface area contributed by atoms with Crippen LogP contribution in [0.3, 0.4) is 0 Å². The maximum atomic E-state index is 5.96. The first-order valence-corrected chi connectivity index (χ1v) is 10.1. The molecule has 4 rings (SSSR count). The van der Waals surface area contributed by atoms with Gasteiger partial charge in [-0.1, -0.05) is 71.4 Å². The maximum absolute atomic E-state index is 5.96. The average molecular weight is 404 g/mol. The summed E-state index contributed by atoms with van der Waals surface area (Å²) < 4.78 is 0. The molecule has 3 aromatic carbocycles. The van der Waals surface area contributed by atoms with E-state index in [1.807, 2.05) is 60.8 Å². The number of imidazole rings is 1. The molecular formula is C23H18ClN3S. The lowest BCUT2D eigenvalue weighted by Crippen LogP contribution is -1.85. The number of rotatable bonds is 5.